The molecule has 2 rings (SSSR count). The highest BCUT2D eigenvalue weighted by Gasteiger charge is 2.14. The van der Waals surface area contributed by atoms with Crippen molar-refractivity contribution in [1.82, 2.24) is 19.9 Å². The number of anilines is 1. The standard InChI is InChI=1S/C14H21N5/c1-3-5-17-12(13-9-16-10-19(13)2)7-11-4-6-18-14(15)8-11/h4,6,8-10,12,17H,3,5,7H2,1-2H3,(H2,15,18). The highest BCUT2D eigenvalue weighted by molar-refractivity contribution is 5.32. The van der Waals surface area contributed by atoms with E-state index in [1.54, 1.807) is 6.20 Å². The Balaban J connectivity index is 2.16. The molecule has 0 amide bonds. The van der Waals surface area contributed by atoms with E-state index in [1.165, 1.54) is 11.3 Å². The van der Waals surface area contributed by atoms with E-state index >= 15 is 0 Å². The number of nitrogens with zero attached hydrogens (tertiary/aromatic N) is 3. The van der Waals surface area contributed by atoms with Gasteiger partial charge in [0, 0.05) is 19.4 Å². The van der Waals surface area contributed by atoms with Crippen molar-refractivity contribution < 1.29 is 0 Å². The Morgan fingerprint density at radius 2 is 2.32 bits per heavy atom. The lowest BCUT2D eigenvalue weighted by Gasteiger charge is -2.19. The van der Waals surface area contributed by atoms with Gasteiger partial charge in [0.1, 0.15) is 5.82 Å². The molecule has 0 radical (unpaired) electrons. The quantitative estimate of drug-likeness (QED) is 0.828. The summed E-state index contributed by atoms with van der Waals surface area (Å²) in [5, 5.41) is 3.56. The summed E-state index contributed by atoms with van der Waals surface area (Å²) in [6.07, 6.45) is 7.48. The van der Waals surface area contributed by atoms with Crippen LogP contribution < -0.4 is 11.1 Å². The number of nitrogens with two attached hydrogens (primary N) is 1. The minimum absolute atomic E-state index is 0.245. The van der Waals surface area contributed by atoms with Gasteiger partial charge in [0.25, 0.3) is 0 Å². The second-order valence-corrected chi connectivity index (χ2v) is 4.73. The lowest BCUT2D eigenvalue weighted by molar-refractivity contribution is 0.504. The first-order chi connectivity index (χ1) is 9.20. The average molecular weight is 259 g/mol. The molecule has 0 aliphatic rings. The smallest absolute Gasteiger partial charge is 0.123 e. The number of aryl methyl sites for hydroxylation is 1. The minimum atomic E-state index is 0.245. The molecule has 0 saturated heterocycles. The molecular formula is C14H21N5. The first-order valence-electron chi connectivity index (χ1n) is 6.60. The predicted molar refractivity (Wildman–Crippen MR) is 76.6 cm³/mol. The summed E-state index contributed by atoms with van der Waals surface area (Å²) in [6.45, 7) is 3.15. The van der Waals surface area contributed by atoms with Gasteiger partial charge in [-0.05, 0) is 37.1 Å². The van der Waals surface area contributed by atoms with Crippen molar-refractivity contribution in [3.8, 4) is 0 Å². The summed E-state index contributed by atoms with van der Waals surface area (Å²) >= 11 is 0. The van der Waals surface area contributed by atoms with Gasteiger partial charge < -0.3 is 15.6 Å². The topological polar surface area (TPSA) is 68.8 Å². The third-order valence-corrected chi connectivity index (χ3v) is 3.14. The molecule has 0 saturated carbocycles. The molecule has 2 aromatic rings. The number of hydrogen-bond acceptors (Lipinski definition) is 4. The van der Waals surface area contributed by atoms with Crippen molar-refractivity contribution in [1.29, 1.82) is 0 Å². The van der Waals surface area contributed by atoms with Gasteiger partial charge >= 0.3 is 0 Å². The van der Waals surface area contributed by atoms with E-state index in [4.69, 9.17) is 5.73 Å². The maximum atomic E-state index is 5.73. The highest BCUT2D eigenvalue weighted by Crippen LogP contribution is 2.18. The molecule has 0 bridgehead atoms. The summed E-state index contributed by atoms with van der Waals surface area (Å²) in [5.41, 5.74) is 8.10. The molecule has 2 heterocycles. The Hall–Kier alpha value is -1.88. The molecule has 0 aromatic carbocycles. The summed E-state index contributed by atoms with van der Waals surface area (Å²) in [4.78, 5) is 8.23. The zero-order valence-electron chi connectivity index (χ0n) is 11.5. The molecule has 3 N–H and O–H groups in total. The monoisotopic (exact) mass is 259 g/mol. The van der Waals surface area contributed by atoms with Crippen molar-refractivity contribution >= 4 is 5.82 Å². The predicted octanol–water partition coefficient (Wildman–Crippen LogP) is 1.68. The van der Waals surface area contributed by atoms with E-state index in [0.29, 0.717) is 5.82 Å². The van der Waals surface area contributed by atoms with Crippen LogP contribution in [0.1, 0.15) is 30.6 Å². The van der Waals surface area contributed by atoms with Gasteiger partial charge in [-0.1, -0.05) is 6.92 Å². The van der Waals surface area contributed by atoms with E-state index in [-0.39, 0.29) is 6.04 Å². The van der Waals surface area contributed by atoms with Gasteiger partial charge in [-0.15, -0.1) is 0 Å². The van der Waals surface area contributed by atoms with Gasteiger partial charge in [-0.3, -0.25) is 0 Å². The van der Waals surface area contributed by atoms with Crippen molar-refractivity contribution in [2.45, 2.75) is 25.8 Å². The van der Waals surface area contributed by atoms with E-state index in [2.05, 4.69) is 26.8 Å². The van der Waals surface area contributed by atoms with Crippen LogP contribution >= 0.6 is 0 Å². The molecule has 0 spiro atoms. The summed E-state index contributed by atoms with van der Waals surface area (Å²) in [7, 11) is 2.02. The van der Waals surface area contributed by atoms with Crippen LogP contribution in [0, 0.1) is 0 Å². The fourth-order valence-corrected chi connectivity index (χ4v) is 2.16. The average Bonchev–Trinajstić information content (AvgIpc) is 2.81. The Kier molecular flexibility index (Phi) is 4.52. The second kappa shape index (κ2) is 6.33. The molecule has 2 aromatic heterocycles. The van der Waals surface area contributed by atoms with Crippen LogP contribution in [-0.2, 0) is 13.5 Å². The first kappa shape index (κ1) is 13.5. The number of nitrogen functional groups attached to an aromatic ring is 1. The van der Waals surface area contributed by atoms with Crippen molar-refractivity contribution in [3.63, 3.8) is 0 Å². The Labute approximate surface area is 113 Å². The van der Waals surface area contributed by atoms with E-state index in [9.17, 15) is 0 Å². The van der Waals surface area contributed by atoms with Crippen LogP contribution in [0.25, 0.3) is 0 Å². The third-order valence-electron chi connectivity index (χ3n) is 3.14. The Morgan fingerprint density at radius 1 is 1.47 bits per heavy atom. The number of rotatable bonds is 6. The van der Waals surface area contributed by atoms with Crippen LogP contribution in [0.3, 0.4) is 0 Å². The van der Waals surface area contributed by atoms with Gasteiger partial charge in [0.2, 0.25) is 0 Å². The zero-order chi connectivity index (χ0) is 13.7. The summed E-state index contributed by atoms with van der Waals surface area (Å²) in [5.74, 6) is 0.566. The van der Waals surface area contributed by atoms with Gasteiger partial charge in [0.15, 0.2) is 0 Å². The number of imidazole rings is 1. The molecule has 0 fully saturated rings. The van der Waals surface area contributed by atoms with Crippen LogP contribution in [0.4, 0.5) is 5.82 Å². The maximum absolute atomic E-state index is 5.73. The molecule has 0 aliphatic heterocycles. The lowest BCUT2D eigenvalue weighted by Crippen LogP contribution is -2.25. The Bertz CT molecular complexity index is 520. The zero-order valence-corrected chi connectivity index (χ0v) is 11.5. The number of hydrogen-bond donors (Lipinski definition) is 2. The van der Waals surface area contributed by atoms with Gasteiger partial charge in [0.05, 0.1) is 18.1 Å². The van der Waals surface area contributed by atoms with Crippen molar-refractivity contribution in [2.75, 3.05) is 12.3 Å². The lowest BCUT2D eigenvalue weighted by atomic mass is 10.0. The first-order valence-corrected chi connectivity index (χ1v) is 6.60. The fourth-order valence-electron chi connectivity index (χ4n) is 2.16. The molecule has 5 nitrogen and oxygen atoms in total. The highest BCUT2D eigenvalue weighted by atomic mass is 15.1. The molecule has 5 heteroatoms. The molecule has 102 valence electrons. The molecule has 19 heavy (non-hydrogen) atoms. The van der Waals surface area contributed by atoms with E-state index < -0.39 is 0 Å². The van der Waals surface area contributed by atoms with Crippen molar-refractivity contribution in [3.05, 3.63) is 42.1 Å². The van der Waals surface area contributed by atoms with Crippen molar-refractivity contribution in [2.24, 2.45) is 7.05 Å². The summed E-state index contributed by atoms with van der Waals surface area (Å²) < 4.78 is 2.05. The maximum Gasteiger partial charge on any atom is 0.123 e. The fraction of sp³-hybridized carbons (Fsp3) is 0.429. The van der Waals surface area contributed by atoms with Crippen LogP contribution in [0.15, 0.2) is 30.9 Å². The number of nitrogens with one attached hydrogen (secondary N) is 1. The molecular weight excluding hydrogens is 238 g/mol. The van der Waals surface area contributed by atoms with E-state index in [1.807, 2.05) is 31.7 Å². The van der Waals surface area contributed by atoms with Gasteiger partial charge in [-0.2, -0.15) is 0 Å². The normalized spacial score (nSPS) is 12.5. The van der Waals surface area contributed by atoms with Crippen LogP contribution in [0.2, 0.25) is 0 Å². The summed E-state index contributed by atoms with van der Waals surface area (Å²) in [6, 6.07) is 4.18. The van der Waals surface area contributed by atoms with Crippen LogP contribution in [0.5, 0.6) is 0 Å². The number of pyridine rings is 1. The molecule has 1 atom stereocenters. The molecule has 0 aliphatic carbocycles. The Morgan fingerprint density at radius 3 is 2.95 bits per heavy atom. The SMILES string of the molecule is CCCNC(Cc1ccnc(N)c1)c1cncn1C. The third kappa shape index (κ3) is 3.54. The van der Waals surface area contributed by atoms with Crippen LogP contribution in [-0.4, -0.2) is 21.1 Å². The minimum Gasteiger partial charge on any atom is -0.384 e. The van der Waals surface area contributed by atoms with Gasteiger partial charge in [-0.25, -0.2) is 9.97 Å². The van der Waals surface area contributed by atoms with E-state index in [0.717, 1.165) is 19.4 Å². The molecule has 1 unspecified atom stereocenters. The second-order valence-electron chi connectivity index (χ2n) is 4.73. The largest absolute Gasteiger partial charge is 0.384 e. The number of aromatic nitrogens is 3.